The largest absolute Gasteiger partial charge is 0.497 e. The zero-order valence-electron chi connectivity index (χ0n) is 16.3. The van der Waals surface area contributed by atoms with E-state index < -0.39 is 0 Å². The van der Waals surface area contributed by atoms with Gasteiger partial charge in [-0.15, -0.1) is 46.7 Å². The number of halogens is 1. The molecule has 3 aromatic rings. The summed E-state index contributed by atoms with van der Waals surface area (Å²) in [5, 5.41) is 10.7. The lowest BCUT2D eigenvalue weighted by Crippen LogP contribution is -2.36. The molecule has 2 heterocycles. The van der Waals surface area contributed by atoms with Gasteiger partial charge in [0.1, 0.15) is 15.8 Å². The first-order chi connectivity index (χ1) is 13.1. The number of guanidine groups is 1. The van der Waals surface area contributed by atoms with Gasteiger partial charge in [0.25, 0.3) is 0 Å². The number of ether oxygens (including phenoxy) is 1. The predicted molar refractivity (Wildman–Crippen MR) is 128 cm³/mol. The fourth-order valence-electron chi connectivity index (χ4n) is 2.42. The Morgan fingerprint density at radius 3 is 2.43 bits per heavy atom. The maximum absolute atomic E-state index is 5.20. The van der Waals surface area contributed by atoms with Crippen molar-refractivity contribution in [2.45, 2.75) is 26.9 Å². The number of rotatable bonds is 6. The molecule has 0 aliphatic carbocycles. The van der Waals surface area contributed by atoms with Gasteiger partial charge in [-0.05, 0) is 38.1 Å². The smallest absolute Gasteiger partial charge is 0.191 e. The molecule has 9 heteroatoms. The summed E-state index contributed by atoms with van der Waals surface area (Å²) in [6.07, 6.45) is 0. The van der Waals surface area contributed by atoms with Crippen LogP contribution >= 0.6 is 46.7 Å². The molecular formula is C19H24IN5OS2. The molecule has 0 bridgehead atoms. The Bertz CT molecular complexity index is 901. The van der Waals surface area contributed by atoms with Crippen molar-refractivity contribution in [3.63, 3.8) is 0 Å². The Kier molecular flexibility index (Phi) is 8.64. The monoisotopic (exact) mass is 529 g/mol. The number of nitrogens with one attached hydrogen (secondary N) is 2. The molecule has 150 valence electrons. The van der Waals surface area contributed by atoms with E-state index >= 15 is 0 Å². The van der Waals surface area contributed by atoms with Crippen LogP contribution in [0.25, 0.3) is 10.6 Å². The number of nitrogens with zero attached hydrogens (tertiary/aromatic N) is 3. The third kappa shape index (κ3) is 5.89. The van der Waals surface area contributed by atoms with Gasteiger partial charge in [0.15, 0.2) is 5.96 Å². The molecule has 0 aliphatic heterocycles. The number of hydrogen-bond donors (Lipinski definition) is 2. The molecular weight excluding hydrogens is 505 g/mol. The summed E-state index contributed by atoms with van der Waals surface area (Å²) >= 11 is 3.34. The Balaban J connectivity index is 0.00000280. The van der Waals surface area contributed by atoms with Crippen molar-refractivity contribution >= 4 is 52.6 Å². The zero-order chi connectivity index (χ0) is 19.2. The van der Waals surface area contributed by atoms with Crippen LogP contribution in [0.15, 0.2) is 34.6 Å². The van der Waals surface area contributed by atoms with E-state index in [4.69, 9.17) is 9.72 Å². The second-order valence-electron chi connectivity index (χ2n) is 5.90. The molecule has 0 aliphatic rings. The maximum atomic E-state index is 5.20. The molecule has 0 unspecified atom stereocenters. The number of hydrogen-bond acceptors (Lipinski definition) is 6. The van der Waals surface area contributed by atoms with E-state index in [1.165, 1.54) is 4.88 Å². The molecule has 0 saturated heterocycles. The third-order valence-electron chi connectivity index (χ3n) is 4.03. The van der Waals surface area contributed by atoms with Gasteiger partial charge >= 0.3 is 0 Å². The van der Waals surface area contributed by atoms with Crippen LogP contribution in [-0.2, 0) is 13.1 Å². The first-order valence-electron chi connectivity index (χ1n) is 8.55. The second-order valence-corrected chi connectivity index (χ2v) is 8.05. The standard InChI is InChI=1S/C19H23N5OS2.HI/c1-12-13(2)27-17(23-12)10-22-19(20-3)21-9-15-11-26-18(24-15)14-5-7-16(25-4)8-6-14;/h5-8,11H,9-10H2,1-4H3,(H2,20,21,22);1H. The molecule has 6 nitrogen and oxygen atoms in total. The van der Waals surface area contributed by atoms with Crippen LogP contribution in [-0.4, -0.2) is 30.1 Å². The SMILES string of the molecule is CN=C(NCc1csc(-c2ccc(OC)cc2)n1)NCc1nc(C)c(C)s1.I. The average Bonchev–Trinajstić information content (AvgIpc) is 3.29. The fraction of sp³-hybridized carbons (Fsp3) is 0.316. The van der Waals surface area contributed by atoms with E-state index in [1.54, 1.807) is 36.8 Å². The highest BCUT2D eigenvalue weighted by Gasteiger charge is 2.07. The van der Waals surface area contributed by atoms with E-state index in [1.807, 2.05) is 31.2 Å². The van der Waals surface area contributed by atoms with Crippen molar-refractivity contribution in [3.05, 3.63) is 50.9 Å². The van der Waals surface area contributed by atoms with Crippen molar-refractivity contribution in [1.29, 1.82) is 0 Å². The van der Waals surface area contributed by atoms with Gasteiger partial charge in [-0.25, -0.2) is 9.97 Å². The summed E-state index contributed by atoms with van der Waals surface area (Å²) in [4.78, 5) is 14.8. The molecule has 0 spiro atoms. The van der Waals surface area contributed by atoms with Crippen LogP contribution in [0.4, 0.5) is 0 Å². The van der Waals surface area contributed by atoms with Crippen molar-refractivity contribution in [3.8, 4) is 16.3 Å². The molecule has 1 aromatic carbocycles. The summed E-state index contributed by atoms with van der Waals surface area (Å²) in [5.41, 5.74) is 3.16. The van der Waals surface area contributed by atoms with Crippen LogP contribution in [0.5, 0.6) is 5.75 Å². The molecule has 0 saturated carbocycles. The van der Waals surface area contributed by atoms with Gasteiger partial charge in [0, 0.05) is 22.9 Å². The van der Waals surface area contributed by atoms with Gasteiger partial charge in [0.2, 0.25) is 0 Å². The summed E-state index contributed by atoms with van der Waals surface area (Å²) < 4.78 is 5.20. The normalized spacial score (nSPS) is 11.1. The highest BCUT2D eigenvalue weighted by Crippen LogP contribution is 2.25. The fourth-order valence-corrected chi connectivity index (χ4v) is 4.12. The van der Waals surface area contributed by atoms with Crippen molar-refractivity contribution in [1.82, 2.24) is 20.6 Å². The third-order valence-corrected chi connectivity index (χ3v) is 6.04. The van der Waals surface area contributed by atoms with E-state index in [9.17, 15) is 0 Å². The van der Waals surface area contributed by atoms with Crippen molar-refractivity contribution < 1.29 is 4.74 Å². The molecule has 28 heavy (non-hydrogen) atoms. The molecule has 3 rings (SSSR count). The molecule has 2 aromatic heterocycles. The lowest BCUT2D eigenvalue weighted by atomic mass is 10.2. The minimum Gasteiger partial charge on any atom is -0.497 e. The zero-order valence-corrected chi connectivity index (χ0v) is 20.2. The molecule has 0 radical (unpaired) electrons. The quantitative estimate of drug-likeness (QED) is 0.282. The Labute approximate surface area is 190 Å². The second kappa shape index (κ2) is 10.7. The van der Waals surface area contributed by atoms with Crippen LogP contribution < -0.4 is 15.4 Å². The number of aryl methyl sites for hydroxylation is 2. The first-order valence-corrected chi connectivity index (χ1v) is 10.2. The molecule has 2 N–H and O–H groups in total. The maximum Gasteiger partial charge on any atom is 0.191 e. The number of methoxy groups -OCH3 is 1. The Morgan fingerprint density at radius 2 is 1.82 bits per heavy atom. The molecule has 0 atom stereocenters. The minimum atomic E-state index is 0. The summed E-state index contributed by atoms with van der Waals surface area (Å²) in [6, 6.07) is 7.94. The van der Waals surface area contributed by atoms with Crippen molar-refractivity contribution in [2.75, 3.05) is 14.2 Å². The van der Waals surface area contributed by atoms with E-state index in [-0.39, 0.29) is 24.0 Å². The summed E-state index contributed by atoms with van der Waals surface area (Å²) in [6.45, 7) is 5.40. The average molecular weight is 529 g/mol. The number of aliphatic imine (C=N–C) groups is 1. The van der Waals surface area contributed by atoms with Gasteiger partial charge in [-0.2, -0.15) is 0 Å². The van der Waals surface area contributed by atoms with Gasteiger partial charge < -0.3 is 15.4 Å². The van der Waals surface area contributed by atoms with Crippen molar-refractivity contribution in [2.24, 2.45) is 4.99 Å². The Hall–Kier alpha value is -1.72. The highest BCUT2D eigenvalue weighted by atomic mass is 127. The molecule has 0 fully saturated rings. The summed E-state index contributed by atoms with van der Waals surface area (Å²) in [5.74, 6) is 1.58. The van der Waals surface area contributed by atoms with Crippen LogP contribution in [0.3, 0.4) is 0 Å². The van der Waals surface area contributed by atoms with Gasteiger partial charge in [-0.1, -0.05) is 0 Å². The highest BCUT2D eigenvalue weighted by molar-refractivity contribution is 14.0. The lowest BCUT2D eigenvalue weighted by Gasteiger charge is -2.09. The van der Waals surface area contributed by atoms with Gasteiger partial charge in [-0.3, -0.25) is 4.99 Å². The topological polar surface area (TPSA) is 71.4 Å². The van der Waals surface area contributed by atoms with E-state index in [0.717, 1.165) is 38.7 Å². The number of benzene rings is 1. The predicted octanol–water partition coefficient (Wildman–Crippen LogP) is 4.38. The van der Waals surface area contributed by atoms with E-state index in [2.05, 4.69) is 32.9 Å². The van der Waals surface area contributed by atoms with Gasteiger partial charge in [0.05, 0.1) is 31.6 Å². The van der Waals surface area contributed by atoms with E-state index in [0.29, 0.717) is 13.1 Å². The van der Waals surface area contributed by atoms with Crippen LogP contribution in [0.2, 0.25) is 0 Å². The number of thiazole rings is 2. The summed E-state index contributed by atoms with van der Waals surface area (Å²) in [7, 11) is 3.43. The van der Waals surface area contributed by atoms with Crippen LogP contribution in [0.1, 0.15) is 21.3 Å². The minimum absolute atomic E-state index is 0. The first kappa shape index (κ1) is 22.6. The molecule has 0 amide bonds. The number of aromatic nitrogens is 2. The Morgan fingerprint density at radius 1 is 1.11 bits per heavy atom. The lowest BCUT2D eigenvalue weighted by molar-refractivity contribution is 0.415. The van der Waals surface area contributed by atoms with Crippen LogP contribution in [0, 0.1) is 13.8 Å².